The van der Waals surface area contributed by atoms with E-state index in [9.17, 15) is 5.11 Å². The fourth-order valence-corrected chi connectivity index (χ4v) is 2.06. The van der Waals surface area contributed by atoms with Gasteiger partial charge in [0.2, 0.25) is 5.82 Å². The molecule has 0 bridgehead atoms. The van der Waals surface area contributed by atoms with E-state index in [1.807, 2.05) is 0 Å². The number of aromatic amines is 1. The molecule has 0 radical (unpaired) electrons. The van der Waals surface area contributed by atoms with Crippen LogP contribution in [0.5, 0.6) is 0 Å². The van der Waals surface area contributed by atoms with Crippen molar-refractivity contribution in [2.75, 3.05) is 0 Å². The van der Waals surface area contributed by atoms with Gasteiger partial charge in [-0.15, -0.1) is 0 Å². The van der Waals surface area contributed by atoms with Gasteiger partial charge >= 0.3 is 0 Å². The Morgan fingerprint density at radius 2 is 2.35 bits per heavy atom. The quantitative estimate of drug-likeness (QED) is 0.839. The number of H-pyrrole nitrogens is 1. The average molecular weight is 234 g/mol. The Kier molecular flexibility index (Phi) is 2.25. The van der Waals surface area contributed by atoms with Crippen LogP contribution in [0.15, 0.2) is 16.8 Å². The van der Waals surface area contributed by atoms with E-state index >= 15 is 0 Å². The van der Waals surface area contributed by atoms with Crippen molar-refractivity contribution in [3.8, 4) is 11.5 Å². The van der Waals surface area contributed by atoms with E-state index in [0.717, 1.165) is 19.3 Å². The number of hydrogen-bond acceptors (Lipinski definition) is 5. The van der Waals surface area contributed by atoms with Crippen LogP contribution in [0.4, 0.5) is 0 Å². The summed E-state index contributed by atoms with van der Waals surface area (Å²) in [6.45, 7) is 1.74. The second-order valence-corrected chi connectivity index (χ2v) is 4.67. The maximum absolute atomic E-state index is 10.4. The lowest BCUT2D eigenvalue weighted by Crippen LogP contribution is -2.36. The Morgan fingerprint density at radius 3 is 2.94 bits per heavy atom. The molecule has 1 unspecified atom stereocenters. The molecule has 6 nitrogen and oxygen atoms in total. The van der Waals surface area contributed by atoms with E-state index in [4.69, 9.17) is 4.52 Å². The molecule has 17 heavy (non-hydrogen) atoms. The number of hydrogen-bond donors (Lipinski definition) is 2. The van der Waals surface area contributed by atoms with Crippen LogP contribution in [0.25, 0.3) is 11.5 Å². The topological polar surface area (TPSA) is 87.8 Å². The Morgan fingerprint density at radius 1 is 1.53 bits per heavy atom. The van der Waals surface area contributed by atoms with Crippen LogP contribution in [0.3, 0.4) is 0 Å². The van der Waals surface area contributed by atoms with Gasteiger partial charge in [-0.3, -0.25) is 5.10 Å². The van der Waals surface area contributed by atoms with Crippen molar-refractivity contribution < 1.29 is 9.63 Å². The largest absolute Gasteiger partial charge is 0.380 e. The van der Waals surface area contributed by atoms with E-state index in [2.05, 4.69) is 20.3 Å². The van der Waals surface area contributed by atoms with E-state index in [1.54, 1.807) is 19.2 Å². The lowest BCUT2D eigenvalue weighted by molar-refractivity contribution is -0.0635. The van der Waals surface area contributed by atoms with Crippen molar-refractivity contribution >= 4 is 0 Å². The van der Waals surface area contributed by atoms with Gasteiger partial charge < -0.3 is 9.63 Å². The molecule has 1 fully saturated rings. The highest BCUT2D eigenvalue weighted by atomic mass is 16.5. The van der Waals surface area contributed by atoms with Crippen LogP contribution >= 0.6 is 0 Å². The summed E-state index contributed by atoms with van der Waals surface area (Å²) in [6, 6.07) is 1.76. The molecule has 6 heteroatoms. The van der Waals surface area contributed by atoms with Gasteiger partial charge in [0.25, 0.3) is 5.89 Å². The number of rotatable bonds is 3. The van der Waals surface area contributed by atoms with Gasteiger partial charge in [0.05, 0.1) is 0 Å². The molecular formula is C11H14N4O2. The van der Waals surface area contributed by atoms with Gasteiger partial charge in [-0.2, -0.15) is 10.1 Å². The molecule has 0 amide bonds. The molecule has 2 N–H and O–H groups in total. The zero-order chi connectivity index (χ0) is 11.9. The molecular weight excluding hydrogens is 220 g/mol. The summed E-state index contributed by atoms with van der Waals surface area (Å²) in [7, 11) is 0. The van der Waals surface area contributed by atoms with Crippen molar-refractivity contribution in [2.45, 2.75) is 31.8 Å². The van der Waals surface area contributed by atoms with Gasteiger partial charge in [-0.25, -0.2) is 0 Å². The fourth-order valence-electron chi connectivity index (χ4n) is 2.06. The first-order chi connectivity index (χ1) is 8.18. The van der Waals surface area contributed by atoms with Gasteiger partial charge in [-0.05, 0) is 31.7 Å². The first-order valence-corrected chi connectivity index (χ1v) is 5.74. The minimum absolute atomic E-state index is 0.220. The first-order valence-electron chi connectivity index (χ1n) is 5.74. The Labute approximate surface area is 98.0 Å². The lowest BCUT2D eigenvalue weighted by atomic mass is 9.73. The molecule has 3 rings (SSSR count). The van der Waals surface area contributed by atoms with Gasteiger partial charge in [0.1, 0.15) is 11.3 Å². The standard InChI is InChI=1S/C11H14N4O2/c1-11(16,7-3-2-4-7)10-13-9(15-17-10)8-5-6-12-14-8/h5-7,16H,2-4H2,1H3,(H,12,14). The Bertz CT molecular complexity index is 499. The van der Waals surface area contributed by atoms with Gasteiger partial charge in [0.15, 0.2) is 0 Å². The summed E-state index contributed by atoms with van der Waals surface area (Å²) in [4.78, 5) is 4.23. The van der Waals surface area contributed by atoms with Crippen molar-refractivity contribution in [2.24, 2.45) is 5.92 Å². The minimum Gasteiger partial charge on any atom is -0.380 e. The third-order valence-electron chi connectivity index (χ3n) is 3.50. The highest BCUT2D eigenvalue weighted by molar-refractivity contribution is 5.46. The summed E-state index contributed by atoms with van der Waals surface area (Å²) in [6.07, 6.45) is 4.79. The zero-order valence-electron chi connectivity index (χ0n) is 9.55. The predicted octanol–water partition coefficient (Wildman–Crippen LogP) is 1.47. The second kappa shape index (κ2) is 3.66. The maximum Gasteiger partial charge on any atom is 0.258 e. The second-order valence-electron chi connectivity index (χ2n) is 4.67. The molecule has 1 saturated carbocycles. The highest BCUT2D eigenvalue weighted by Gasteiger charge is 2.42. The number of nitrogens with zero attached hydrogens (tertiary/aromatic N) is 3. The molecule has 2 aromatic heterocycles. The summed E-state index contributed by atoms with van der Waals surface area (Å²) in [5.74, 6) is 0.932. The average Bonchev–Trinajstić information content (AvgIpc) is 2.85. The number of nitrogens with one attached hydrogen (secondary N) is 1. The SMILES string of the molecule is CC(O)(c1nc(-c2ccn[nH]2)no1)C1CCC1. The van der Waals surface area contributed by atoms with Crippen molar-refractivity contribution in [1.29, 1.82) is 0 Å². The summed E-state index contributed by atoms with van der Waals surface area (Å²) in [5.41, 5.74) is -0.340. The molecule has 0 saturated heterocycles. The minimum atomic E-state index is -1.02. The Balaban J connectivity index is 1.89. The molecule has 0 aliphatic heterocycles. The number of aromatic nitrogens is 4. The summed E-state index contributed by atoms with van der Waals surface area (Å²) in [5, 5.41) is 20.8. The van der Waals surface area contributed by atoms with Crippen LogP contribution in [0.2, 0.25) is 0 Å². The van der Waals surface area contributed by atoms with E-state index in [0.29, 0.717) is 11.5 Å². The van der Waals surface area contributed by atoms with Crippen LogP contribution < -0.4 is 0 Å². The molecule has 1 aliphatic rings. The van der Waals surface area contributed by atoms with E-state index in [1.165, 1.54) is 0 Å². The summed E-state index contributed by atoms with van der Waals surface area (Å²) < 4.78 is 5.15. The van der Waals surface area contributed by atoms with E-state index in [-0.39, 0.29) is 11.8 Å². The van der Waals surface area contributed by atoms with Crippen molar-refractivity contribution in [1.82, 2.24) is 20.3 Å². The third kappa shape index (κ3) is 1.64. The highest BCUT2D eigenvalue weighted by Crippen LogP contribution is 2.41. The third-order valence-corrected chi connectivity index (χ3v) is 3.50. The first kappa shape index (κ1) is 10.5. The van der Waals surface area contributed by atoms with E-state index < -0.39 is 5.60 Å². The smallest absolute Gasteiger partial charge is 0.258 e. The molecule has 2 aromatic rings. The van der Waals surface area contributed by atoms with Crippen LogP contribution in [0, 0.1) is 5.92 Å². The normalized spacial score (nSPS) is 19.9. The molecule has 90 valence electrons. The molecule has 0 spiro atoms. The van der Waals surface area contributed by atoms with Crippen LogP contribution in [-0.2, 0) is 5.60 Å². The fraction of sp³-hybridized carbons (Fsp3) is 0.545. The maximum atomic E-state index is 10.4. The lowest BCUT2D eigenvalue weighted by Gasteiger charge is -2.35. The molecule has 1 atom stereocenters. The molecule has 2 heterocycles. The predicted molar refractivity (Wildman–Crippen MR) is 58.8 cm³/mol. The van der Waals surface area contributed by atoms with Gasteiger partial charge in [-0.1, -0.05) is 11.6 Å². The monoisotopic (exact) mass is 234 g/mol. The van der Waals surface area contributed by atoms with Crippen molar-refractivity contribution in [3.63, 3.8) is 0 Å². The van der Waals surface area contributed by atoms with Crippen LogP contribution in [0.1, 0.15) is 32.1 Å². The molecule has 1 aliphatic carbocycles. The molecule has 0 aromatic carbocycles. The van der Waals surface area contributed by atoms with Crippen molar-refractivity contribution in [3.05, 3.63) is 18.2 Å². The Hall–Kier alpha value is -1.69. The summed E-state index contributed by atoms with van der Waals surface area (Å²) >= 11 is 0. The zero-order valence-corrected chi connectivity index (χ0v) is 9.55. The van der Waals surface area contributed by atoms with Crippen LogP contribution in [-0.4, -0.2) is 25.4 Å². The number of aliphatic hydroxyl groups is 1. The van der Waals surface area contributed by atoms with Gasteiger partial charge in [0, 0.05) is 6.20 Å².